The molecule has 4 rings (SSSR count). The van der Waals surface area contributed by atoms with Crippen LogP contribution in [0.25, 0.3) is 22.6 Å². The molecule has 1 aliphatic rings. The second-order valence-electron chi connectivity index (χ2n) is 6.56. The fraction of sp³-hybridized carbons (Fsp3) is 0.211. The molecule has 0 aliphatic carbocycles. The van der Waals surface area contributed by atoms with Crippen LogP contribution in [0.3, 0.4) is 0 Å². The summed E-state index contributed by atoms with van der Waals surface area (Å²) in [5, 5.41) is 0.847. The standard InChI is InChI=1S/C19H15Cl2N3O3/c1-9-2-3-10(4-15(9)24-8-11(18(22)26)5-16(24)25)19-23-14-7-12(20)6-13(21)17(14)27-19/h2-4,6-7,11H,5,8H2,1H3,(H2,22,26)/t11-/m0/s1. The molecule has 1 atom stereocenters. The molecule has 1 aliphatic heterocycles. The Kier molecular flexibility index (Phi) is 4.32. The molecule has 6 nitrogen and oxygen atoms in total. The number of nitrogens with zero attached hydrogens (tertiary/aromatic N) is 2. The average Bonchev–Trinajstić information content (AvgIpc) is 3.19. The molecule has 1 fully saturated rings. The lowest BCUT2D eigenvalue weighted by atomic mass is 10.1. The predicted molar refractivity (Wildman–Crippen MR) is 104 cm³/mol. The molecule has 3 aromatic rings. The molecule has 2 aromatic carbocycles. The Morgan fingerprint density at radius 2 is 2.07 bits per heavy atom. The summed E-state index contributed by atoms with van der Waals surface area (Å²) in [6.07, 6.45) is 0.121. The fourth-order valence-corrected chi connectivity index (χ4v) is 3.77. The molecular weight excluding hydrogens is 389 g/mol. The van der Waals surface area contributed by atoms with E-state index in [4.69, 9.17) is 33.4 Å². The van der Waals surface area contributed by atoms with E-state index >= 15 is 0 Å². The summed E-state index contributed by atoms with van der Waals surface area (Å²) in [5.74, 6) is -0.712. The van der Waals surface area contributed by atoms with Gasteiger partial charge in [0.1, 0.15) is 5.52 Å². The van der Waals surface area contributed by atoms with Gasteiger partial charge in [0.15, 0.2) is 5.58 Å². The van der Waals surface area contributed by atoms with Crippen LogP contribution < -0.4 is 10.6 Å². The number of aryl methyl sites for hydroxylation is 1. The van der Waals surface area contributed by atoms with Crippen LogP contribution in [0, 0.1) is 12.8 Å². The van der Waals surface area contributed by atoms with Crippen LogP contribution in [0.2, 0.25) is 10.0 Å². The Morgan fingerprint density at radius 3 is 2.78 bits per heavy atom. The number of rotatable bonds is 3. The maximum absolute atomic E-state index is 12.4. The summed E-state index contributed by atoms with van der Waals surface area (Å²) >= 11 is 12.2. The van der Waals surface area contributed by atoms with Crippen LogP contribution in [0.4, 0.5) is 5.69 Å². The average molecular weight is 404 g/mol. The van der Waals surface area contributed by atoms with E-state index in [1.54, 1.807) is 17.0 Å². The fourth-order valence-electron chi connectivity index (χ4n) is 3.25. The van der Waals surface area contributed by atoms with Gasteiger partial charge in [-0.05, 0) is 36.8 Å². The zero-order valence-electron chi connectivity index (χ0n) is 14.3. The number of halogens is 2. The molecule has 0 spiro atoms. The smallest absolute Gasteiger partial charge is 0.227 e. The van der Waals surface area contributed by atoms with Crippen molar-refractivity contribution in [3.8, 4) is 11.5 Å². The number of anilines is 1. The van der Waals surface area contributed by atoms with Crippen molar-refractivity contribution in [2.75, 3.05) is 11.4 Å². The molecule has 2 N–H and O–H groups in total. The van der Waals surface area contributed by atoms with Gasteiger partial charge in [-0.2, -0.15) is 0 Å². The zero-order valence-corrected chi connectivity index (χ0v) is 15.8. The maximum atomic E-state index is 12.4. The molecule has 0 unspecified atom stereocenters. The number of hydrogen-bond acceptors (Lipinski definition) is 4. The lowest BCUT2D eigenvalue weighted by molar-refractivity contribution is -0.123. The van der Waals surface area contributed by atoms with Crippen LogP contribution in [0.5, 0.6) is 0 Å². The molecule has 0 saturated carbocycles. The highest BCUT2D eigenvalue weighted by Crippen LogP contribution is 2.35. The third kappa shape index (κ3) is 3.15. The molecule has 2 heterocycles. The van der Waals surface area contributed by atoms with Gasteiger partial charge in [-0.3, -0.25) is 9.59 Å². The van der Waals surface area contributed by atoms with Gasteiger partial charge in [-0.1, -0.05) is 29.3 Å². The highest BCUT2D eigenvalue weighted by atomic mass is 35.5. The number of aromatic nitrogens is 1. The number of oxazole rings is 1. The van der Waals surface area contributed by atoms with E-state index in [1.807, 2.05) is 25.1 Å². The number of nitrogens with two attached hydrogens (primary N) is 1. The van der Waals surface area contributed by atoms with Gasteiger partial charge < -0.3 is 15.1 Å². The summed E-state index contributed by atoms with van der Waals surface area (Å²) in [7, 11) is 0. The molecule has 1 saturated heterocycles. The number of benzene rings is 2. The first kappa shape index (κ1) is 17.8. The van der Waals surface area contributed by atoms with Crippen LogP contribution in [0.15, 0.2) is 34.7 Å². The first-order chi connectivity index (χ1) is 12.8. The highest BCUT2D eigenvalue weighted by molar-refractivity contribution is 6.38. The van der Waals surface area contributed by atoms with Gasteiger partial charge in [0.05, 0.1) is 10.9 Å². The van der Waals surface area contributed by atoms with Gasteiger partial charge in [-0.25, -0.2) is 4.98 Å². The van der Waals surface area contributed by atoms with Crippen molar-refractivity contribution in [3.63, 3.8) is 0 Å². The van der Waals surface area contributed by atoms with E-state index in [1.165, 1.54) is 0 Å². The summed E-state index contributed by atoms with van der Waals surface area (Å²) in [4.78, 5) is 29.8. The van der Waals surface area contributed by atoms with E-state index in [0.717, 1.165) is 5.56 Å². The summed E-state index contributed by atoms with van der Waals surface area (Å²) in [6, 6.07) is 8.81. The van der Waals surface area contributed by atoms with Crippen molar-refractivity contribution < 1.29 is 14.0 Å². The number of carbonyl (C=O) groups excluding carboxylic acids is 2. The minimum atomic E-state index is -0.481. The van der Waals surface area contributed by atoms with Crippen molar-refractivity contribution in [2.45, 2.75) is 13.3 Å². The maximum Gasteiger partial charge on any atom is 0.227 e. The van der Waals surface area contributed by atoms with Gasteiger partial charge in [0.2, 0.25) is 17.7 Å². The number of amides is 2. The lowest BCUT2D eigenvalue weighted by Gasteiger charge is -2.19. The van der Waals surface area contributed by atoms with Gasteiger partial charge in [0.25, 0.3) is 0 Å². The topological polar surface area (TPSA) is 89.4 Å². The minimum absolute atomic E-state index is 0.121. The van der Waals surface area contributed by atoms with Crippen molar-refractivity contribution in [1.82, 2.24) is 4.98 Å². The Labute approximate surface area is 164 Å². The van der Waals surface area contributed by atoms with Crippen molar-refractivity contribution in [1.29, 1.82) is 0 Å². The predicted octanol–water partition coefficient (Wildman–Crippen LogP) is 3.95. The Balaban J connectivity index is 1.76. The van der Waals surface area contributed by atoms with E-state index in [-0.39, 0.29) is 18.9 Å². The van der Waals surface area contributed by atoms with Crippen molar-refractivity contribution >= 4 is 51.8 Å². The zero-order chi connectivity index (χ0) is 19.3. The first-order valence-electron chi connectivity index (χ1n) is 8.30. The van der Waals surface area contributed by atoms with Gasteiger partial charge >= 0.3 is 0 Å². The van der Waals surface area contributed by atoms with Crippen LogP contribution in [-0.4, -0.2) is 23.3 Å². The number of carbonyl (C=O) groups is 2. The quantitative estimate of drug-likeness (QED) is 0.716. The Morgan fingerprint density at radius 1 is 1.30 bits per heavy atom. The molecule has 0 bridgehead atoms. The second-order valence-corrected chi connectivity index (χ2v) is 7.41. The molecule has 8 heteroatoms. The normalized spacial score (nSPS) is 17.1. The van der Waals surface area contributed by atoms with Crippen molar-refractivity contribution in [2.24, 2.45) is 11.7 Å². The Bertz CT molecular complexity index is 1090. The van der Waals surface area contributed by atoms with Crippen molar-refractivity contribution in [3.05, 3.63) is 45.9 Å². The summed E-state index contributed by atoms with van der Waals surface area (Å²) in [5.41, 5.74) is 8.65. The van der Waals surface area contributed by atoms with E-state index in [0.29, 0.717) is 38.3 Å². The number of fused-ring (bicyclic) bond motifs is 1. The first-order valence-corrected chi connectivity index (χ1v) is 9.05. The number of hydrogen-bond donors (Lipinski definition) is 1. The molecule has 138 valence electrons. The van der Waals surface area contributed by atoms with E-state index in [2.05, 4.69) is 4.98 Å². The van der Waals surface area contributed by atoms with Crippen LogP contribution in [0.1, 0.15) is 12.0 Å². The van der Waals surface area contributed by atoms with Crippen LogP contribution >= 0.6 is 23.2 Å². The van der Waals surface area contributed by atoms with Crippen LogP contribution in [-0.2, 0) is 9.59 Å². The van der Waals surface area contributed by atoms with E-state index < -0.39 is 11.8 Å². The third-order valence-corrected chi connectivity index (χ3v) is 5.18. The molecule has 0 radical (unpaired) electrons. The minimum Gasteiger partial charge on any atom is -0.435 e. The highest BCUT2D eigenvalue weighted by Gasteiger charge is 2.34. The molecular formula is C19H15Cl2N3O3. The summed E-state index contributed by atoms with van der Waals surface area (Å²) < 4.78 is 5.80. The largest absolute Gasteiger partial charge is 0.435 e. The monoisotopic (exact) mass is 403 g/mol. The second kappa shape index (κ2) is 6.55. The SMILES string of the molecule is Cc1ccc(-c2nc3cc(Cl)cc(Cl)c3o2)cc1N1C[C@@H](C(N)=O)CC1=O. The molecule has 27 heavy (non-hydrogen) atoms. The summed E-state index contributed by atoms with van der Waals surface area (Å²) in [6.45, 7) is 2.17. The molecule has 1 aromatic heterocycles. The number of primary amides is 1. The molecule has 2 amide bonds. The Hall–Kier alpha value is -2.57. The van der Waals surface area contributed by atoms with E-state index in [9.17, 15) is 9.59 Å². The lowest BCUT2D eigenvalue weighted by Crippen LogP contribution is -2.28. The van der Waals surface area contributed by atoms with Gasteiger partial charge in [-0.15, -0.1) is 0 Å². The van der Waals surface area contributed by atoms with Gasteiger partial charge in [0, 0.05) is 29.2 Å². The third-order valence-electron chi connectivity index (χ3n) is 4.68.